The third-order valence-electron chi connectivity index (χ3n) is 3.57. The molecule has 2 aromatic carbocycles. The Hall–Kier alpha value is -2.85. The number of hydrogen-bond donors (Lipinski definition) is 2. The molecule has 1 heterocycles. The Morgan fingerprint density at radius 3 is 2.33 bits per heavy atom. The van der Waals surface area contributed by atoms with Crippen molar-refractivity contribution in [1.82, 2.24) is 10.3 Å². The standard InChI is InChI=1S/C17H13F2N3O3S2/c18-14-2-1-3-15(19)13(14)10-21-16(23)11-4-6-12(7-5-11)27(24,25)22-17-20-8-9-26-17/h1-9H,10H2,(H,20,22)(H,21,23). The van der Waals surface area contributed by atoms with Crippen LogP contribution in [0, 0.1) is 11.6 Å². The van der Waals surface area contributed by atoms with Gasteiger partial charge in [0.25, 0.3) is 15.9 Å². The molecule has 27 heavy (non-hydrogen) atoms. The molecular weight excluding hydrogens is 396 g/mol. The van der Waals surface area contributed by atoms with E-state index in [-0.39, 0.29) is 27.7 Å². The minimum absolute atomic E-state index is 0.0469. The van der Waals surface area contributed by atoms with Crippen LogP contribution < -0.4 is 10.0 Å². The average Bonchev–Trinajstić information content (AvgIpc) is 3.13. The van der Waals surface area contributed by atoms with Gasteiger partial charge in [-0.3, -0.25) is 9.52 Å². The number of rotatable bonds is 6. The summed E-state index contributed by atoms with van der Waals surface area (Å²) in [6.45, 7) is -0.330. The second-order valence-corrected chi connectivity index (χ2v) is 7.93. The van der Waals surface area contributed by atoms with Crippen LogP contribution in [0.1, 0.15) is 15.9 Å². The number of thiazole rings is 1. The zero-order chi connectivity index (χ0) is 19.4. The lowest BCUT2D eigenvalue weighted by molar-refractivity contribution is 0.0950. The van der Waals surface area contributed by atoms with E-state index in [0.717, 1.165) is 23.5 Å². The van der Waals surface area contributed by atoms with Crippen LogP contribution in [0.5, 0.6) is 0 Å². The molecule has 0 spiro atoms. The van der Waals surface area contributed by atoms with E-state index in [0.29, 0.717) is 0 Å². The Balaban J connectivity index is 1.68. The van der Waals surface area contributed by atoms with Gasteiger partial charge in [-0.25, -0.2) is 22.2 Å². The number of nitrogens with zero attached hydrogens (tertiary/aromatic N) is 1. The molecule has 10 heteroatoms. The summed E-state index contributed by atoms with van der Waals surface area (Å²) in [6.07, 6.45) is 1.47. The van der Waals surface area contributed by atoms with Gasteiger partial charge in [0.05, 0.1) is 4.90 Å². The van der Waals surface area contributed by atoms with E-state index in [9.17, 15) is 22.0 Å². The topological polar surface area (TPSA) is 88.2 Å². The normalized spacial score (nSPS) is 11.2. The Kier molecular flexibility index (Phi) is 5.47. The molecule has 0 fully saturated rings. The Morgan fingerprint density at radius 2 is 1.74 bits per heavy atom. The molecule has 140 valence electrons. The first-order valence-electron chi connectivity index (χ1n) is 7.60. The SMILES string of the molecule is O=C(NCc1c(F)cccc1F)c1ccc(S(=O)(=O)Nc2nccs2)cc1. The summed E-state index contributed by atoms with van der Waals surface area (Å²) in [6, 6.07) is 8.56. The minimum atomic E-state index is -3.83. The van der Waals surface area contributed by atoms with E-state index < -0.39 is 27.6 Å². The monoisotopic (exact) mass is 409 g/mol. The van der Waals surface area contributed by atoms with E-state index in [1.807, 2.05) is 0 Å². The summed E-state index contributed by atoms with van der Waals surface area (Å²) >= 11 is 1.13. The van der Waals surface area contributed by atoms with E-state index in [1.54, 1.807) is 5.38 Å². The molecule has 0 saturated heterocycles. The highest BCUT2D eigenvalue weighted by Gasteiger charge is 2.17. The summed E-state index contributed by atoms with van der Waals surface area (Å²) in [5, 5.41) is 4.25. The van der Waals surface area contributed by atoms with Gasteiger partial charge < -0.3 is 5.32 Å². The van der Waals surface area contributed by atoms with Gasteiger partial charge in [-0.15, -0.1) is 11.3 Å². The first-order chi connectivity index (χ1) is 12.9. The van der Waals surface area contributed by atoms with E-state index in [2.05, 4.69) is 15.0 Å². The lowest BCUT2D eigenvalue weighted by atomic mass is 10.1. The van der Waals surface area contributed by atoms with Crippen molar-refractivity contribution >= 4 is 32.4 Å². The van der Waals surface area contributed by atoms with E-state index in [4.69, 9.17) is 0 Å². The van der Waals surface area contributed by atoms with Crippen LogP contribution in [0.4, 0.5) is 13.9 Å². The lowest BCUT2D eigenvalue weighted by Crippen LogP contribution is -2.24. The van der Waals surface area contributed by atoms with E-state index >= 15 is 0 Å². The van der Waals surface area contributed by atoms with Crippen LogP contribution in [-0.2, 0) is 16.6 Å². The van der Waals surface area contributed by atoms with Crippen molar-refractivity contribution < 1.29 is 22.0 Å². The molecule has 0 aliphatic rings. The zero-order valence-electron chi connectivity index (χ0n) is 13.6. The molecule has 3 rings (SSSR count). The number of hydrogen-bond acceptors (Lipinski definition) is 5. The number of halogens is 2. The van der Waals surface area contributed by atoms with Gasteiger partial charge in [0.2, 0.25) is 0 Å². The maximum atomic E-state index is 13.6. The number of benzene rings is 2. The highest BCUT2D eigenvalue weighted by molar-refractivity contribution is 7.93. The minimum Gasteiger partial charge on any atom is -0.348 e. The van der Waals surface area contributed by atoms with Crippen molar-refractivity contribution in [3.05, 3.63) is 76.8 Å². The number of aromatic nitrogens is 1. The fraction of sp³-hybridized carbons (Fsp3) is 0.0588. The number of sulfonamides is 1. The Bertz CT molecular complexity index is 1030. The van der Waals surface area contributed by atoms with Crippen LogP contribution in [0.25, 0.3) is 0 Å². The molecule has 3 aromatic rings. The van der Waals surface area contributed by atoms with Crippen molar-refractivity contribution in [3.63, 3.8) is 0 Å². The molecule has 0 aliphatic heterocycles. The molecule has 2 N–H and O–H groups in total. The van der Waals surface area contributed by atoms with Crippen molar-refractivity contribution in [2.45, 2.75) is 11.4 Å². The first kappa shape index (κ1) is 18.9. The van der Waals surface area contributed by atoms with Gasteiger partial charge in [0, 0.05) is 29.2 Å². The third-order valence-corrected chi connectivity index (χ3v) is 5.74. The average molecular weight is 409 g/mol. The van der Waals surface area contributed by atoms with Crippen molar-refractivity contribution in [2.24, 2.45) is 0 Å². The molecule has 0 bridgehead atoms. The van der Waals surface area contributed by atoms with Crippen LogP contribution in [0.3, 0.4) is 0 Å². The molecule has 6 nitrogen and oxygen atoms in total. The van der Waals surface area contributed by atoms with Gasteiger partial charge >= 0.3 is 0 Å². The molecule has 1 amide bonds. The maximum absolute atomic E-state index is 13.6. The summed E-state index contributed by atoms with van der Waals surface area (Å²) in [4.78, 5) is 15.9. The Morgan fingerprint density at radius 1 is 1.07 bits per heavy atom. The maximum Gasteiger partial charge on any atom is 0.263 e. The summed E-state index contributed by atoms with van der Waals surface area (Å²) in [5.74, 6) is -2.11. The van der Waals surface area contributed by atoms with Crippen molar-refractivity contribution in [2.75, 3.05) is 4.72 Å². The van der Waals surface area contributed by atoms with Crippen LogP contribution >= 0.6 is 11.3 Å². The van der Waals surface area contributed by atoms with Gasteiger partial charge in [-0.1, -0.05) is 6.07 Å². The third kappa shape index (κ3) is 4.47. The van der Waals surface area contributed by atoms with Gasteiger partial charge in [0.15, 0.2) is 5.13 Å². The predicted molar refractivity (Wildman–Crippen MR) is 96.9 cm³/mol. The van der Waals surface area contributed by atoms with Crippen LogP contribution in [-0.4, -0.2) is 19.3 Å². The highest BCUT2D eigenvalue weighted by atomic mass is 32.2. The van der Waals surface area contributed by atoms with Gasteiger partial charge in [-0.05, 0) is 36.4 Å². The molecular formula is C17H13F2N3O3S2. The number of nitrogens with one attached hydrogen (secondary N) is 2. The largest absolute Gasteiger partial charge is 0.348 e. The summed E-state index contributed by atoms with van der Waals surface area (Å²) in [7, 11) is -3.83. The summed E-state index contributed by atoms with van der Waals surface area (Å²) in [5.41, 5.74) is -0.0994. The number of amides is 1. The zero-order valence-corrected chi connectivity index (χ0v) is 15.3. The van der Waals surface area contributed by atoms with Crippen LogP contribution in [0.2, 0.25) is 0 Å². The quantitative estimate of drug-likeness (QED) is 0.655. The van der Waals surface area contributed by atoms with Gasteiger partial charge in [0.1, 0.15) is 11.6 Å². The fourth-order valence-corrected chi connectivity index (χ4v) is 3.99. The first-order valence-corrected chi connectivity index (χ1v) is 9.96. The molecule has 0 atom stereocenters. The van der Waals surface area contributed by atoms with E-state index in [1.165, 1.54) is 36.5 Å². The fourth-order valence-electron chi connectivity index (χ4n) is 2.21. The number of carbonyl (C=O) groups is 1. The van der Waals surface area contributed by atoms with Crippen molar-refractivity contribution in [1.29, 1.82) is 0 Å². The second-order valence-electron chi connectivity index (χ2n) is 5.35. The highest BCUT2D eigenvalue weighted by Crippen LogP contribution is 2.18. The van der Waals surface area contributed by atoms with Crippen molar-refractivity contribution in [3.8, 4) is 0 Å². The summed E-state index contributed by atoms with van der Waals surface area (Å²) < 4.78 is 53.9. The van der Waals surface area contributed by atoms with Crippen LogP contribution in [0.15, 0.2) is 58.9 Å². The van der Waals surface area contributed by atoms with Gasteiger partial charge in [-0.2, -0.15) is 0 Å². The number of carbonyl (C=O) groups excluding carboxylic acids is 1. The molecule has 1 aromatic heterocycles. The Labute approximate surface area is 157 Å². The number of anilines is 1. The second kappa shape index (κ2) is 7.80. The molecule has 0 saturated carbocycles. The molecule has 0 aliphatic carbocycles. The molecule has 0 radical (unpaired) electrons. The molecule has 0 unspecified atom stereocenters. The lowest BCUT2D eigenvalue weighted by Gasteiger charge is -2.09. The smallest absolute Gasteiger partial charge is 0.263 e. The predicted octanol–water partition coefficient (Wildman–Crippen LogP) is 3.15.